The molecule has 2 aromatic rings. The Kier molecular flexibility index (Phi) is 5.14. The van der Waals surface area contributed by atoms with Gasteiger partial charge in [-0.15, -0.1) is 0 Å². The summed E-state index contributed by atoms with van der Waals surface area (Å²) in [6.07, 6.45) is 0. The molecule has 0 amide bonds. The van der Waals surface area contributed by atoms with Gasteiger partial charge < -0.3 is 10.2 Å². The molecule has 4 heteroatoms. The van der Waals surface area contributed by atoms with Crippen molar-refractivity contribution in [1.29, 1.82) is 0 Å². The minimum absolute atomic E-state index is 0.595. The first kappa shape index (κ1) is 15.3. The normalized spacial score (nSPS) is 10.7. The van der Waals surface area contributed by atoms with Crippen molar-refractivity contribution in [1.82, 2.24) is 9.97 Å². The Morgan fingerprint density at radius 2 is 1.86 bits per heavy atom. The van der Waals surface area contributed by atoms with Crippen LogP contribution in [-0.2, 0) is 0 Å². The average molecular weight is 284 g/mol. The molecule has 0 saturated carbocycles. The Labute approximate surface area is 127 Å². The molecule has 0 atom stereocenters. The second-order valence-electron chi connectivity index (χ2n) is 5.48. The topological polar surface area (TPSA) is 41.0 Å². The highest BCUT2D eigenvalue weighted by atomic mass is 15.2. The number of nitrogens with one attached hydrogen (secondary N) is 1. The lowest BCUT2D eigenvalue weighted by molar-refractivity contribution is 0.614. The van der Waals surface area contributed by atoms with Crippen LogP contribution in [0.25, 0.3) is 11.4 Å². The minimum Gasteiger partial charge on any atom is -0.373 e. The highest BCUT2D eigenvalue weighted by molar-refractivity contribution is 5.61. The summed E-state index contributed by atoms with van der Waals surface area (Å²) < 4.78 is 0. The summed E-state index contributed by atoms with van der Waals surface area (Å²) in [5, 5.41) is 3.13. The van der Waals surface area contributed by atoms with Gasteiger partial charge in [0.15, 0.2) is 5.82 Å². The van der Waals surface area contributed by atoms with Crippen LogP contribution in [-0.4, -0.2) is 30.1 Å². The van der Waals surface area contributed by atoms with Crippen LogP contribution in [0.4, 0.5) is 11.6 Å². The fourth-order valence-electron chi connectivity index (χ4n) is 2.27. The SMILES string of the molecule is CCN(CC(C)C)c1cc(NC)nc(-c2ccccc2)n1. The van der Waals surface area contributed by atoms with Crippen LogP contribution in [0.1, 0.15) is 20.8 Å². The molecule has 0 aliphatic heterocycles. The standard InChI is InChI=1S/C17H24N4/c1-5-21(12-13(2)3)16-11-15(18-4)19-17(20-16)14-9-7-6-8-10-14/h6-11,13H,5,12H2,1-4H3,(H,18,19,20). The predicted molar refractivity (Wildman–Crippen MR) is 89.7 cm³/mol. The van der Waals surface area contributed by atoms with E-state index in [9.17, 15) is 0 Å². The molecule has 0 unspecified atom stereocenters. The average Bonchev–Trinajstić information content (AvgIpc) is 2.52. The summed E-state index contributed by atoms with van der Waals surface area (Å²) in [6, 6.07) is 12.1. The molecule has 0 fully saturated rings. The molecule has 0 spiro atoms. The zero-order valence-electron chi connectivity index (χ0n) is 13.3. The lowest BCUT2D eigenvalue weighted by Gasteiger charge is -2.24. The molecule has 2 rings (SSSR count). The molecule has 0 radical (unpaired) electrons. The Morgan fingerprint density at radius 1 is 1.14 bits per heavy atom. The molecule has 0 saturated heterocycles. The number of hydrogen-bond donors (Lipinski definition) is 1. The van der Waals surface area contributed by atoms with E-state index in [1.54, 1.807) is 0 Å². The van der Waals surface area contributed by atoms with Crippen molar-refractivity contribution in [3.05, 3.63) is 36.4 Å². The molecule has 0 aliphatic carbocycles. The number of hydrogen-bond acceptors (Lipinski definition) is 4. The van der Waals surface area contributed by atoms with Gasteiger partial charge in [0, 0.05) is 31.8 Å². The summed E-state index contributed by atoms with van der Waals surface area (Å²) in [4.78, 5) is 11.6. The second-order valence-corrected chi connectivity index (χ2v) is 5.48. The number of anilines is 2. The quantitative estimate of drug-likeness (QED) is 0.878. The van der Waals surface area contributed by atoms with E-state index in [2.05, 4.69) is 36.0 Å². The Hall–Kier alpha value is -2.10. The van der Waals surface area contributed by atoms with Crippen molar-refractivity contribution in [2.45, 2.75) is 20.8 Å². The fourth-order valence-corrected chi connectivity index (χ4v) is 2.27. The summed E-state index contributed by atoms with van der Waals surface area (Å²) in [7, 11) is 1.89. The maximum absolute atomic E-state index is 4.75. The van der Waals surface area contributed by atoms with E-state index in [-0.39, 0.29) is 0 Å². The zero-order chi connectivity index (χ0) is 15.2. The van der Waals surface area contributed by atoms with Crippen LogP contribution in [0.15, 0.2) is 36.4 Å². The van der Waals surface area contributed by atoms with Crippen molar-refractivity contribution < 1.29 is 0 Å². The summed E-state index contributed by atoms with van der Waals surface area (Å²) in [5.74, 6) is 3.18. The Balaban J connectivity index is 2.42. The second kappa shape index (κ2) is 7.07. The first-order valence-corrected chi connectivity index (χ1v) is 7.51. The third-order valence-corrected chi connectivity index (χ3v) is 3.29. The monoisotopic (exact) mass is 284 g/mol. The lowest BCUT2D eigenvalue weighted by atomic mass is 10.2. The Morgan fingerprint density at radius 3 is 2.43 bits per heavy atom. The minimum atomic E-state index is 0.595. The molecular weight excluding hydrogens is 260 g/mol. The van der Waals surface area contributed by atoms with E-state index in [0.29, 0.717) is 5.92 Å². The van der Waals surface area contributed by atoms with Gasteiger partial charge in [0.05, 0.1) is 0 Å². The largest absolute Gasteiger partial charge is 0.373 e. The fraction of sp³-hybridized carbons (Fsp3) is 0.412. The first-order chi connectivity index (χ1) is 10.1. The van der Waals surface area contributed by atoms with Crippen LogP contribution >= 0.6 is 0 Å². The van der Waals surface area contributed by atoms with Crippen LogP contribution < -0.4 is 10.2 Å². The molecule has 1 aromatic carbocycles. The zero-order valence-corrected chi connectivity index (χ0v) is 13.3. The van der Waals surface area contributed by atoms with E-state index in [4.69, 9.17) is 4.98 Å². The third-order valence-electron chi connectivity index (χ3n) is 3.29. The number of benzene rings is 1. The van der Waals surface area contributed by atoms with Crippen molar-refractivity contribution >= 4 is 11.6 Å². The van der Waals surface area contributed by atoms with Gasteiger partial charge in [-0.2, -0.15) is 0 Å². The van der Waals surface area contributed by atoms with Crippen molar-refractivity contribution in [2.75, 3.05) is 30.4 Å². The van der Waals surface area contributed by atoms with Gasteiger partial charge in [0.2, 0.25) is 0 Å². The van der Waals surface area contributed by atoms with Crippen LogP contribution in [0, 0.1) is 5.92 Å². The first-order valence-electron chi connectivity index (χ1n) is 7.51. The molecule has 0 aliphatic rings. The van der Waals surface area contributed by atoms with Gasteiger partial charge in [-0.3, -0.25) is 0 Å². The molecule has 1 aromatic heterocycles. The van der Waals surface area contributed by atoms with Gasteiger partial charge in [-0.25, -0.2) is 9.97 Å². The van der Waals surface area contributed by atoms with Crippen molar-refractivity contribution in [3.8, 4) is 11.4 Å². The lowest BCUT2D eigenvalue weighted by Crippen LogP contribution is -2.28. The number of nitrogens with zero attached hydrogens (tertiary/aromatic N) is 3. The van der Waals surface area contributed by atoms with Gasteiger partial charge in [-0.1, -0.05) is 44.2 Å². The number of aromatic nitrogens is 2. The van der Waals surface area contributed by atoms with Gasteiger partial charge >= 0.3 is 0 Å². The Bertz CT molecular complexity index is 566. The van der Waals surface area contributed by atoms with E-state index < -0.39 is 0 Å². The van der Waals surface area contributed by atoms with E-state index >= 15 is 0 Å². The summed E-state index contributed by atoms with van der Waals surface area (Å²) in [5.41, 5.74) is 1.04. The molecule has 1 heterocycles. The van der Waals surface area contributed by atoms with Crippen LogP contribution in [0.3, 0.4) is 0 Å². The maximum atomic E-state index is 4.75. The van der Waals surface area contributed by atoms with Gasteiger partial charge in [-0.05, 0) is 12.8 Å². The van der Waals surface area contributed by atoms with E-state index in [1.807, 2.05) is 43.4 Å². The highest BCUT2D eigenvalue weighted by Crippen LogP contribution is 2.22. The smallest absolute Gasteiger partial charge is 0.163 e. The van der Waals surface area contributed by atoms with Crippen LogP contribution in [0.5, 0.6) is 0 Å². The molecular formula is C17H24N4. The molecule has 21 heavy (non-hydrogen) atoms. The molecule has 1 N–H and O–H groups in total. The molecule has 0 bridgehead atoms. The van der Waals surface area contributed by atoms with E-state index in [0.717, 1.165) is 36.1 Å². The van der Waals surface area contributed by atoms with Crippen molar-refractivity contribution in [2.24, 2.45) is 5.92 Å². The van der Waals surface area contributed by atoms with E-state index in [1.165, 1.54) is 0 Å². The number of rotatable bonds is 6. The van der Waals surface area contributed by atoms with Crippen molar-refractivity contribution in [3.63, 3.8) is 0 Å². The van der Waals surface area contributed by atoms with Gasteiger partial charge in [0.1, 0.15) is 11.6 Å². The van der Waals surface area contributed by atoms with Gasteiger partial charge in [0.25, 0.3) is 0 Å². The highest BCUT2D eigenvalue weighted by Gasteiger charge is 2.12. The summed E-state index contributed by atoms with van der Waals surface area (Å²) >= 11 is 0. The predicted octanol–water partition coefficient (Wildman–Crippen LogP) is 3.67. The van der Waals surface area contributed by atoms with Crippen LogP contribution in [0.2, 0.25) is 0 Å². The molecule has 112 valence electrons. The molecule has 4 nitrogen and oxygen atoms in total. The maximum Gasteiger partial charge on any atom is 0.163 e. The third kappa shape index (κ3) is 3.94. The summed E-state index contributed by atoms with van der Waals surface area (Å²) in [6.45, 7) is 8.53.